The van der Waals surface area contributed by atoms with Crippen LogP contribution in [0.25, 0.3) is 0 Å². The molecule has 0 aliphatic heterocycles. The molecular weight excluding hydrogens is 496 g/mol. The van der Waals surface area contributed by atoms with E-state index in [1.54, 1.807) is 18.3 Å². The Morgan fingerprint density at radius 2 is 1.70 bits per heavy atom. The second kappa shape index (κ2) is 9.00. The topological polar surface area (TPSA) is 21.6 Å². The minimum absolute atomic E-state index is 0.264. The second-order valence-electron chi connectivity index (χ2n) is 5.92. The Labute approximate surface area is 179 Å². The number of aliphatic imine (C=N–C) groups is 1. The Bertz CT molecular complexity index is 967. The van der Waals surface area contributed by atoms with Gasteiger partial charge in [-0.1, -0.05) is 29.8 Å². The first-order valence-electron chi connectivity index (χ1n) is 8.09. The van der Waals surface area contributed by atoms with Crippen LogP contribution in [0.3, 0.4) is 0 Å². The lowest BCUT2D eigenvalue weighted by molar-refractivity contribution is 0.302. The van der Waals surface area contributed by atoms with Gasteiger partial charge in [0, 0.05) is 11.2 Å². The van der Waals surface area contributed by atoms with Crippen LogP contribution in [0.2, 0.25) is 5.02 Å². The Balaban J connectivity index is 1.77. The summed E-state index contributed by atoms with van der Waals surface area (Å²) in [7, 11) is 0. The van der Waals surface area contributed by atoms with Crippen molar-refractivity contribution in [2.24, 2.45) is 4.99 Å². The van der Waals surface area contributed by atoms with Crippen LogP contribution in [-0.4, -0.2) is 6.21 Å². The van der Waals surface area contributed by atoms with Gasteiger partial charge in [0.15, 0.2) is 0 Å². The van der Waals surface area contributed by atoms with Gasteiger partial charge in [-0.2, -0.15) is 0 Å². The van der Waals surface area contributed by atoms with Crippen LogP contribution >= 0.6 is 43.5 Å². The number of benzene rings is 3. The number of aryl methyl sites for hydroxylation is 1. The van der Waals surface area contributed by atoms with Crippen LogP contribution in [0.5, 0.6) is 5.75 Å². The van der Waals surface area contributed by atoms with Crippen LogP contribution in [0.15, 0.2) is 68.5 Å². The number of ether oxygens (including phenoxy) is 1. The number of rotatable bonds is 5. The summed E-state index contributed by atoms with van der Waals surface area (Å²) >= 11 is 13.1. The van der Waals surface area contributed by atoms with Crippen molar-refractivity contribution in [2.45, 2.75) is 13.5 Å². The molecule has 2 nitrogen and oxygen atoms in total. The molecule has 0 unspecified atom stereocenters. The van der Waals surface area contributed by atoms with Gasteiger partial charge >= 0.3 is 0 Å². The first kappa shape index (κ1) is 20.1. The zero-order chi connectivity index (χ0) is 19.4. The maximum atomic E-state index is 13.0. The van der Waals surface area contributed by atoms with Gasteiger partial charge in [-0.25, -0.2) is 4.39 Å². The van der Waals surface area contributed by atoms with E-state index in [9.17, 15) is 4.39 Å². The third-order valence-corrected chi connectivity index (χ3v) is 5.25. The molecule has 3 aromatic carbocycles. The monoisotopic (exact) mass is 509 g/mol. The molecule has 0 heterocycles. The van der Waals surface area contributed by atoms with E-state index in [4.69, 9.17) is 16.3 Å². The highest BCUT2D eigenvalue weighted by atomic mass is 79.9. The molecule has 0 aliphatic carbocycles. The van der Waals surface area contributed by atoms with Crippen molar-refractivity contribution in [1.29, 1.82) is 0 Å². The standard InChI is InChI=1S/C21H15Br2ClFNO/c1-13-2-5-16(24)10-20(13)26-11-15-8-18(22)21(19(23)9-15)27-12-14-3-6-17(25)7-4-14/h2-11H,12H2,1H3. The molecule has 0 N–H and O–H groups in total. The predicted octanol–water partition coefficient (Wildman–Crippen LogP) is 7.64. The molecule has 138 valence electrons. The molecule has 0 atom stereocenters. The fraction of sp³-hybridized carbons (Fsp3) is 0.0952. The van der Waals surface area contributed by atoms with E-state index in [0.717, 1.165) is 31.3 Å². The fourth-order valence-electron chi connectivity index (χ4n) is 2.39. The van der Waals surface area contributed by atoms with Crippen LogP contribution in [0.1, 0.15) is 16.7 Å². The summed E-state index contributed by atoms with van der Waals surface area (Å²) in [5.74, 6) is 0.412. The number of hydrogen-bond donors (Lipinski definition) is 0. The molecule has 0 aliphatic rings. The largest absolute Gasteiger partial charge is 0.487 e. The van der Waals surface area contributed by atoms with Crippen LogP contribution in [-0.2, 0) is 6.61 Å². The van der Waals surface area contributed by atoms with Gasteiger partial charge in [-0.3, -0.25) is 4.99 Å². The molecule has 0 saturated carbocycles. The average molecular weight is 512 g/mol. The third-order valence-electron chi connectivity index (χ3n) is 3.84. The van der Waals surface area contributed by atoms with E-state index in [1.807, 2.05) is 37.3 Å². The van der Waals surface area contributed by atoms with Crippen molar-refractivity contribution in [3.8, 4) is 5.75 Å². The lowest BCUT2D eigenvalue weighted by Gasteiger charge is -2.11. The highest BCUT2D eigenvalue weighted by Crippen LogP contribution is 2.35. The van der Waals surface area contributed by atoms with Gasteiger partial charge in [0.25, 0.3) is 0 Å². The van der Waals surface area contributed by atoms with Crippen molar-refractivity contribution in [3.05, 3.63) is 91.1 Å². The Hall–Kier alpha value is -1.69. The molecule has 0 amide bonds. The lowest BCUT2D eigenvalue weighted by atomic mass is 10.2. The molecule has 27 heavy (non-hydrogen) atoms. The number of nitrogens with zero attached hydrogens (tertiary/aromatic N) is 1. The summed E-state index contributed by atoms with van der Waals surface area (Å²) in [4.78, 5) is 4.52. The van der Waals surface area contributed by atoms with Crippen molar-refractivity contribution >= 4 is 55.4 Å². The molecule has 0 radical (unpaired) electrons. The van der Waals surface area contributed by atoms with Crippen LogP contribution in [0, 0.1) is 12.7 Å². The minimum Gasteiger partial charge on any atom is -0.487 e. The van der Waals surface area contributed by atoms with E-state index in [-0.39, 0.29) is 5.82 Å². The molecule has 0 saturated heterocycles. The highest BCUT2D eigenvalue weighted by molar-refractivity contribution is 9.11. The second-order valence-corrected chi connectivity index (χ2v) is 8.06. The molecule has 6 heteroatoms. The molecule has 3 rings (SSSR count). The van der Waals surface area contributed by atoms with Gasteiger partial charge in [0.05, 0.1) is 14.6 Å². The van der Waals surface area contributed by atoms with E-state index < -0.39 is 0 Å². The maximum Gasteiger partial charge on any atom is 0.148 e. The van der Waals surface area contributed by atoms with Crippen molar-refractivity contribution in [3.63, 3.8) is 0 Å². The summed E-state index contributed by atoms with van der Waals surface area (Å²) in [5, 5.41) is 0.652. The third kappa shape index (κ3) is 5.41. The summed E-state index contributed by atoms with van der Waals surface area (Å²) in [6.45, 7) is 2.33. The quantitative estimate of drug-likeness (QED) is 0.323. The smallest absolute Gasteiger partial charge is 0.148 e. The van der Waals surface area contributed by atoms with Gasteiger partial charge in [0.1, 0.15) is 18.2 Å². The normalized spacial score (nSPS) is 11.1. The first-order valence-corrected chi connectivity index (χ1v) is 10.1. The zero-order valence-corrected chi connectivity index (χ0v) is 18.3. The van der Waals surface area contributed by atoms with E-state index >= 15 is 0 Å². The minimum atomic E-state index is -0.264. The molecule has 0 aromatic heterocycles. The van der Waals surface area contributed by atoms with Crippen molar-refractivity contribution in [1.82, 2.24) is 0 Å². The Morgan fingerprint density at radius 1 is 1.04 bits per heavy atom. The van der Waals surface area contributed by atoms with Crippen molar-refractivity contribution < 1.29 is 9.13 Å². The summed E-state index contributed by atoms with van der Waals surface area (Å²) in [6.07, 6.45) is 1.78. The molecular formula is C21H15Br2ClFNO. The van der Waals surface area contributed by atoms with E-state index in [0.29, 0.717) is 17.4 Å². The summed E-state index contributed by atoms with van der Waals surface area (Å²) < 4.78 is 20.4. The average Bonchev–Trinajstić information content (AvgIpc) is 2.63. The lowest BCUT2D eigenvalue weighted by Crippen LogP contribution is -1.98. The molecule has 0 fully saturated rings. The van der Waals surface area contributed by atoms with Crippen LogP contribution < -0.4 is 4.74 Å². The van der Waals surface area contributed by atoms with E-state index in [2.05, 4.69) is 36.9 Å². The maximum absolute atomic E-state index is 13.0. The van der Waals surface area contributed by atoms with Gasteiger partial charge in [-0.05, 0) is 91.9 Å². The number of halogens is 4. The number of hydrogen-bond acceptors (Lipinski definition) is 2. The fourth-order valence-corrected chi connectivity index (χ4v) is 4.01. The van der Waals surface area contributed by atoms with Gasteiger partial charge in [-0.15, -0.1) is 0 Å². The molecule has 0 bridgehead atoms. The first-order chi connectivity index (χ1) is 12.9. The van der Waals surface area contributed by atoms with Crippen LogP contribution in [0.4, 0.5) is 10.1 Å². The Morgan fingerprint density at radius 3 is 2.37 bits per heavy atom. The SMILES string of the molecule is Cc1ccc(Cl)cc1N=Cc1cc(Br)c(OCc2ccc(F)cc2)c(Br)c1. The molecule has 0 spiro atoms. The Kier molecular flexibility index (Phi) is 6.68. The highest BCUT2D eigenvalue weighted by Gasteiger charge is 2.09. The van der Waals surface area contributed by atoms with E-state index in [1.165, 1.54) is 12.1 Å². The summed E-state index contributed by atoms with van der Waals surface area (Å²) in [5.41, 5.74) is 3.67. The predicted molar refractivity (Wildman–Crippen MR) is 116 cm³/mol. The molecule has 3 aromatic rings. The summed E-state index contributed by atoms with van der Waals surface area (Å²) in [6, 6.07) is 15.7. The van der Waals surface area contributed by atoms with Crippen molar-refractivity contribution in [2.75, 3.05) is 0 Å². The van der Waals surface area contributed by atoms with Gasteiger partial charge in [0.2, 0.25) is 0 Å². The zero-order valence-electron chi connectivity index (χ0n) is 14.3. The van der Waals surface area contributed by atoms with Gasteiger partial charge < -0.3 is 4.74 Å².